The molecule has 0 unspecified atom stereocenters. The topological polar surface area (TPSA) is 26.3 Å². The van der Waals surface area contributed by atoms with Gasteiger partial charge < -0.3 is 4.18 Å². The summed E-state index contributed by atoms with van der Waals surface area (Å²) >= 11 is 0. The Labute approximate surface area is 142 Å². The summed E-state index contributed by atoms with van der Waals surface area (Å²) in [6, 6.07) is 8.41. The Kier molecular flexibility index (Phi) is 5.74. The minimum Gasteiger partial charge on any atom is -0.336 e. The normalized spacial score (nSPS) is 16.7. The molecule has 2 nitrogen and oxygen atoms in total. The van der Waals surface area contributed by atoms with Gasteiger partial charge in [0.1, 0.15) is 0 Å². The highest BCUT2D eigenvalue weighted by Gasteiger charge is 2.28. The summed E-state index contributed by atoms with van der Waals surface area (Å²) in [5.41, 5.74) is 2.36. The molecule has 2 rings (SSSR count). The van der Waals surface area contributed by atoms with Crippen molar-refractivity contribution >= 4 is 22.2 Å². The Hall–Kier alpha value is -1.06. The van der Waals surface area contributed by atoms with Gasteiger partial charge in [0, 0.05) is 10.7 Å². The number of ketones is 1. The molecule has 1 aliphatic rings. The van der Waals surface area contributed by atoms with Crippen LogP contribution in [0.15, 0.2) is 30.3 Å². The van der Waals surface area contributed by atoms with Crippen molar-refractivity contribution in [1.82, 2.24) is 0 Å². The fourth-order valence-corrected chi connectivity index (χ4v) is 2.88. The Balaban J connectivity index is 1.82. The highest BCUT2D eigenvalue weighted by Crippen LogP contribution is 2.53. The SMILES string of the molecule is CC(C)(C)S(C)(C)OCCc1ccc(C=CC(=O)C2CC2)cc1. The second kappa shape index (κ2) is 7.23. The van der Waals surface area contributed by atoms with Crippen LogP contribution in [-0.2, 0) is 15.4 Å². The number of allylic oxidation sites excluding steroid dienone is 1. The van der Waals surface area contributed by atoms with Gasteiger partial charge in [0.25, 0.3) is 0 Å². The van der Waals surface area contributed by atoms with E-state index in [-0.39, 0.29) is 10.5 Å². The van der Waals surface area contributed by atoms with Gasteiger partial charge in [-0.2, -0.15) is 0 Å². The summed E-state index contributed by atoms with van der Waals surface area (Å²) < 4.78 is 6.37. The third-order valence-electron chi connectivity index (χ3n) is 4.64. The zero-order chi connectivity index (χ0) is 17.1. The lowest BCUT2D eigenvalue weighted by Crippen LogP contribution is -2.25. The molecule has 1 saturated carbocycles. The number of carbonyl (C=O) groups excluding carboxylic acids is 1. The van der Waals surface area contributed by atoms with Gasteiger partial charge in [-0.05, 0) is 49.0 Å². The summed E-state index contributed by atoms with van der Waals surface area (Å²) in [6.07, 6.45) is 11.2. The fraction of sp³-hybridized carbons (Fsp3) is 0.550. The molecule has 1 aliphatic carbocycles. The summed E-state index contributed by atoms with van der Waals surface area (Å²) in [4.78, 5) is 11.7. The average Bonchev–Trinajstić information content (AvgIpc) is 3.29. The van der Waals surface area contributed by atoms with E-state index >= 15 is 0 Å². The summed E-state index contributed by atoms with van der Waals surface area (Å²) in [7, 11) is -1.05. The molecule has 0 amide bonds. The number of hydrogen-bond donors (Lipinski definition) is 0. The molecule has 0 radical (unpaired) electrons. The highest BCUT2D eigenvalue weighted by atomic mass is 32.3. The molecule has 0 heterocycles. The van der Waals surface area contributed by atoms with E-state index in [9.17, 15) is 4.79 Å². The second-order valence-electron chi connectivity index (χ2n) is 7.67. The first kappa shape index (κ1) is 18.3. The molecule has 0 spiro atoms. The van der Waals surface area contributed by atoms with Gasteiger partial charge in [0.15, 0.2) is 5.78 Å². The van der Waals surface area contributed by atoms with Crippen LogP contribution in [0.3, 0.4) is 0 Å². The first-order valence-corrected chi connectivity index (χ1v) is 10.7. The van der Waals surface area contributed by atoms with Crippen LogP contribution in [0.2, 0.25) is 0 Å². The molecule has 1 aromatic carbocycles. The molecule has 0 N–H and O–H groups in total. The predicted molar refractivity (Wildman–Crippen MR) is 102 cm³/mol. The van der Waals surface area contributed by atoms with Crippen LogP contribution >= 0.6 is 10.3 Å². The van der Waals surface area contributed by atoms with Gasteiger partial charge in [-0.1, -0.05) is 51.1 Å². The first-order valence-electron chi connectivity index (χ1n) is 8.37. The van der Waals surface area contributed by atoms with Crippen molar-refractivity contribution in [3.8, 4) is 0 Å². The lowest BCUT2D eigenvalue weighted by atomic mass is 10.1. The van der Waals surface area contributed by atoms with Crippen LogP contribution in [-0.4, -0.2) is 29.6 Å². The van der Waals surface area contributed by atoms with Crippen molar-refractivity contribution in [2.75, 3.05) is 19.1 Å². The van der Waals surface area contributed by atoms with Crippen molar-refractivity contribution in [3.05, 3.63) is 41.5 Å². The molecule has 0 aromatic heterocycles. The van der Waals surface area contributed by atoms with E-state index in [2.05, 4.69) is 57.5 Å². The first-order chi connectivity index (χ1) is 10.7. The van der Waals surface area contributed by atoms with Crippen molar-refractivity contribution in [2.24, 2.45) is 5.92 Å². The smallest absolute Gasteiger partial charge is 0.158 e. The van der Waals surface area contributed by atoms with Crippen molar-refractivity contribution < 1.29 is 8.98 Å². The van der Waals surface area contributed by atoms with Crippen LogP contribution < -0.4 is 0 Å². The Morgan fingerprint density at radius 3 is 2.35 bits per heavy atom. The van der Waals surface area contributed by atoms with Crippen LogP contribution in [0.25, 0.3) is 6.08 Å². The van der Waals surface area contributed by atoms with Gasteiger partial charge in [0.05, 0.1) is 6.61 Å². The molecule has 0 saturated heterocycles. The third-order valence-corrected chi connectivity index (χ3v) is 8.35. The van der Waals surface area contributed by atoms with Crippen LogP contribution in [0.1, 0.15) is 44.7 Å². The van der Waals surface area contributed by atoms with Crippen molar-refractivity contribution in [1.29, 1.82) is 0 Å². The lowest BCUT2D eigenvalue weighted by molar-refractivity contribution is -0.115. The maximum Gasteiger partial charge on any atom is 0.158 e. The molecule has 0 atom stereocenters. The maximum atomic E-state index is 11.7. The number of benzene rings is 1. The molecule has 0 bridgehead atoms. The van der Waals surface area contributed by atoms with E-state index in [4.69, 9.17) is 4.18 Å². The van der Waals surface area contributed by atoms with E-state index in [1.807, 2.05) is 6.08 Å². The van der Waals surface area contributed by atoms with Gasteiger partial charge >= 0.3 is 0 Å². The van der Waals surface area contributed by atoms with Gasteiger partial charge in [0.2, 0.25) is 0 Å². The van der Waals surface area contributed by atoms with Crippen molar-refractivity contribution in [2.45, 2.75) is 44.8 Å². The minimum absolute atomic E-state index is 0.204. The molecular weight excluding hydrogens is 304 g/mol. The summed E-state index contributed by atoms with van der Waals surface area (Å²) in [5.74, 6) is 0.575. The van der Waals surface area contributed by atoms with E-state index in [0.29, 0.717) is 5.92 Å². The zero-order valence-corrected chi connectivity index (χ0v) is 15.9. The summed E-state index contributed by atoms with van der Waals surface area (Å²) in [6.45, 7) is 7.49. The molecule has 1 aromatic rings. The third kappa shape index (κ3) is 5.50. The zero-order valence-electron chi connectivity index (χ0n) is 15.1. The Morgan fingerprint density at radius 2 is 1.83 bits per heavy atom. The van der Waals surface area contributed by atoms with Crippen LogP contribution in [0, 0.1) is 5.92 Å². The van der Waals surface area contributed by atoms with E-state index < -0.39 is 10.3 Å². The highest BCUT2D eigenvalue weighted by molar-refractivity contribution is 8.29. The van der Waals surface area contributed by atoms with E-state index in [1.165, 1.54) is 5.56 Å². The Morgan fingerprint density at radius 1 is 1.22 bits per heavy atom. The Bertz CT molecular complexity index is 560. The van der Waals surface area contributed by atoms with Gasteiger partial charge in [-0.25, -0.2) is 0 Å². The maximum absolute atomic E-state index is 11.7. The van der Waals surface area contributed by atoms with Crippen LogP contribution in [0.5, 0.6) is 0 Å². The molecule has 1 fully saturated rings. The predicted octanol–water partition coefficient (Wildman–Crippen LogP) is 5.02. The average molecular weight is 335 g/mol. The van der Waals surface area contributed by atoms with Crippen molar-refractivity contribution in [3.63, 3.8) is 0 Å². The van der Waals surface area contributed by atoms with E-state index in [1.54, 1.807) is 6.08 Å². The van der Waals surface area contributed by atoms with Crippen LogP contribution in [0.4, 0.5) is 0 Å². The quantitative estimate of drug-likeness (QED) is 0.655. The number of rotatable bonds is 7. The summed E-state index contributed by atoms with van der Waals surface area (Å²) in [5, 5.41) is 0. The second-order valence-corrected chi connectivity index (χ2v) is 11.6. The van der Waals surface area contributed by atoms with Gasteiger partial charge in [-0.15, -0.1) is 10.3 Å². The molecular formula is C20H30O2S. The molecule has 23 heavy (non-hydrogen) atoms. The lowest BCUT2D eigenvalue weighted by Gasteiger charge is -2.43. The molecule has 0 aliphatic heterocycles. The van der Waals surface area contributed by atoms with Gasteiger partial charge in [-0.3, -0.25) is 4.79 Å². The standard InChI is InChI=1S/C20H30O2S/c1-20(2,3)23(4,5)22-15-14-17-8-6-16(7-9-17)10-13-19(21)18-11-12-18/h6-10,13,18H,11-12,14-15H2,1-5H3. The number of hydrogen-bond acceptors (Lipinski definition) is 2. The number of carbonyl (C=O) groups is 1. The fourth-order valence-electron chi connectivity index (χ4n) is 2.02. The minimum atomic E-state index is -1.05. The molecule has 3 heteroatoms. The largest absolute Gasteiger partial charge is 0.336 e. The monoisotopic (exact) mass is 334 g/mol. The van der Waals surface area contributed by atoms with E-state index in [0.717, 1.165) is 31.4 Å². The molecule has 128 valence electrons.